The molecule has 0 aliphatic carbocycles. The van der Waals surface area contributed by atoms with Crippen LogP contribution < -0.4 is 11.3 Å². The number of hydrazine groups is 1. The molecule has 0 saturated heterocycles. The highest BCUT2D eigenvalue weighted by Crippen LogP contribution is 2.35. The molecule has 16 heavy (non-hydrogen) atoms. The van der Waals surface area contributed by atoms with Gasteiger partial charge in [0, 0.05) is 6.26 Å². The quantitative estimate of drug-likeness (QED) is 0.648. The van der Waals surface area contributed by atoms with E-state index in [0.717, 1.165) is 0 Å². The molecule has 0 fully saturated rings. The first-order valence-corrected chi connectivity index (χ1v) is 7.29. The summed E-state index contributed by atoms with van der Waals surface area (Å²) in [6, 6.07) is 1.07. The zero-order chi connectivity index (χ0) is 12.6. The van der Waals surface area contributed by atoms with Crippen LogP contribution in [0.25, 0.3) is 0 Å². The van der Waals surface area contributed by atoms with Crippen LogP contribution in [0.5, 0.6) is 0 Å². The van der Waals surface area contributed by atoms with Gasteiger partial charge >= 0.3 is 0 Å². The molecule has 0 aliphatic rings. The van der Waals surface area contributed by atoms with Crippen LogP contribution in [-0.4, -0.2) is 19.4 Å². The van der Waals surface area contributed by atoms with Crippen LogP contribution in [0.3, 0.4) is 0 Å². The van der Waals surface area contributed by atoms with Crippen molar-refractivity contribution in [2.24, 2.45) is 5.84 Å². The largest absolute Gasteiger partial charge is 0.466 e. The van der Waals surface area contributed by atoms with Crippen molar-refractivity contribution in [3.8, 4) is 0 Å². The summed E-state index contributed by atoms with van der Waals surface area (Å²) in [5, 5.41) is 0. The molecule has 1 unspecified atom stereocenters. The van der Waals surface area contributed by atoms with Crippen molar-refractivity contribution < 1.29 is 12.8 Å². The van der Waals surface area contributed by atoms with E-state index in [1.165, 1.54) is 12.5 Å². The minimum Gasteiger partial charge on any atom is -0.466 e. The molecule has 1 rings (SSSR count). The van der Waals surface area contributed by atoms with Gasteiger partial charge < -0.3 is 4.42 Å². The molecule has 1 atom stereocenters. The number of hydrogen-bond donors (Lipinski definition) is 2. The molecule has 0 aromatic carbocycles. The standard InChI is InChI=1S/C9H15BrN2O3S/c1-9(2,16(3,13)14)8(12-11)7-6(10)4-5-15-7/h4-5,8,12H,11H2,1-3H3. The molecule has 1 aromatic rings. The number of halogens is 1. The van der Waals surface area contributed by atoms with Crippen molar-refractivity contribution in [1.29, 1.82) is 0 Å². The lowest BCUT2D eigenvalue weighted by Crippen LogP contribution is -2.47. The van der Waals surface area contributed by atoms with Crippen LogP contribution in [0.2, 0.25) is 0 Å². The predicted octanol–water partition coefficient (Wildman–Crippen LogP) is 1.37. The number of furan rings is 1. The van der Waals surface area contributed by atoms with Crippen molar-refractivity contribution >= 4 is 25.8 Å². The summed E-state index contributed by atoms with van der Waals surface area (Å²) in [7, 11) is -3.28. The van der Waals surface area contributed by atoms with Crippen LogP contribution in [-0.2, 0) is 9.84 Å². The average Bonchev–Trinajstić information content (AvgIpc) is 2.51. The molecule has 1 aromatic heterocycles. The van der Waals surface area contributed by atoms with Crippen molar-refractivity contribution in [2.75, 3.05) is 6.26 Å². The molecule has 0 spiro atoms. The fourth-order valence-corrected chi connectivity index (χ4v) is 2.35. The maximum absolute atomic E-state index is 11.7. The van der Waals surface area contributed by atoms with E-state index in [9.17, 15) is 8.42 Å². The Labute approximate surface area is 103 Å². The van der Waals surface area contributed by atoms with E-state index < -0.39 is 20.6 Å². The molecule has 7 heteroatoms. The highest BCUT2D eigenvalue weighted by molar-refractivity contribution is 9.10. The molecule has 0 bridgehead atoms. The normalized spacial score (nSPS) is 15.1. The zero-order valence-electron chi connectivity index (χ0n) is 9.32. The second-order valence-corrected chi connectivity index (χ2v) is 7.56. The highest BCUT2D eigenvalue weighted by atomic mass is 79.9. The first-order chi connectivity index (χ1) is 7.21. The molecule has 5 nitrogen and oxygen atoms in total. The van der Waals surface area contributed by atoms with Gasteiger partial charge in [-0.15, -0.1) is 0 Å². The van der Waals surface area contributed by atoms with Gasteiger partial charge in [0.2, 0.25) is 0 Å². The molecule has 0 radical (unpaired) electrons. The Kier molecular flexibility index (Phi) is 3.83. The fraction of sp³-hybridized carbons (Fsp3) is 0.556. The second-order valence-electron chi connectivity index (χ2n) is 4.11. The average molecular weight is 311 g/mol. The maximum atomic E-state index is 11.7. The van der Waals surface area contributed by atoms with Gasteiger partial charge in [-0.25, -0.2) is 13.8 Å². The van der Waals surface area contributed by atoms with Gasteiger partial charge in [0.15, 0.2) is 9.84 Å². The third kappa shape index (κ3) is 2.32. The lowest BCUT2D eigenvalue weighted by Gasteiger charge is -2.30. The number of nitrogens with one attached hydrogen (secondary N) is 1. The van der Waals surface area contributed by atoms with Gasteiger partial charge in [-0.2, -0.15) is 0 Å². The van der Waals surface area contributed by atoms with Gasteiger partial charge in [0.05, 0.1) is 21.5 Å². The van der Waals surface area contributed by atoms with Gasteiger partial charge in [0.25, 0.3) is 0 Å². The molecular formula is C9H15BrN2O3S. The van der Waals surface area contributed by atoms with Crippen molar-refractivity contribution in [3.63, 3.8) is 0 Å². The van der Waals surface area contributed by atoms with Crippen LogP contribution >= 0.6 is 15.9 Å². The second kappa shape index (κ2) is 4.48. The summed E-state index contributed by atoms with van der Waals surface area (Å²) in [4.78, 5) is 0. The van der Waals surface area contributed by atoms with E-state index in [1.807, 2.05) is 0 Å². The summed E-state index contributed by atoms with van der Waals surface area (Å²) < 4.78 is 28.3. The van der Waals surface area contributed by atoms with Gasteiger partial charge in [-0.05, 0) is 35.8 Å². The number of rotatable bonds is 4. The molecule has 3 N–H and O–H groups in total. The van der Waals surface area contributed by atoms with Crippen LogP contribution in [0.1, 0.15) is 25.6 Å². The zero-order valence-corrected chi connectivity index (χ0v) is 11.7. The van der Waals surface area contributed by atoms with E-state index in [0.29, 0.717) is 10.2 Å². The fourth-order valence-electron chi connectivity index (χ4n) is 1.32. The Bertz CT molecular complexity index is 467. The minimum atomic E-state index is -3.28. The number of nitrogens with two attached hydrogens (primary N) is 1. The Morgan fingerprint density at radius 1 is 1.56 bits per heavy atom. The number of hydrogen-bond acceptors (Lipinski definition) is 5. The topological polar surface area (TPSA) is 85.3 Å². The van der Waals surface area contributed by atoms with E-state index in [4.69, 9.17) is 10.3 Å². The summed E-state index contributed by atoms with van der Waals surface area (Å²) in [6.07, 6.45) is 2.65. The van der Waals surface area contributed by atoms with Crippen LogP contribution in [0.4, 0.5) is 0 Å². The van der Waals surface area contributed by atoms with Gasteiger partial charge in [0.1, 0.15) is 5.76 Å². The summed E-state index contributed by atoms with van der Waals surface area (Å²) in [6.45, 7) is 3.20. The molecule has 0 saturated carbocycles. The molecule has 1 heterocycles. The van der Waals surface area contributed by atoms with Gasteiger partial charge in [-0.3, -0.25) is 5.84 Å². The summed E-state index contributed by atoms with van der Waals surface area (Å²) >= 11 is 3.28. The van der Waals surface area contributed by atoms with E-state index in [2.05, 4.69) is 21.4 Å². The molecular weight excluding hydrogens is 296 g/mol. The van der Waals surface area contributed by atoms with Crippen molar-refractivity contribution in [3.05, 3.63) is 22.6 Å². The smallest absolute Gasteiger partial charge is 0.154 e. The Balaban J connectivity index is 3.24. The minimum absolute atomic E-state index is 0.470. The Hall–Kier alpha value is -0.370. The lowest BCUT2D eigenvalue weighted by atomic mass is 10.0. The SMILES string of the molecule is CC(C)(C(NN)c1occc1Br)S(C)(=O)=O. The van der Waals surface area contributed by atoms with Crippen LogP contribution in [0, 0.1) is 0 Å². The summed E-state index contributed by atoms with van der Waals surface area (Å²) in [5.74, 6) is 5.89. The van der Waals surface area contributed by atoms with Crippen LogP contribution in [0.15, 0.2) is 21.2 Å². The van der Waals surface area contributed by atoms with Crippen molar-refractivity contribution in [1.82, 2.24) is 5.43 Å². The Morgan fingerprint density at radius 2 is 2.12 bits per heavy atom. The molecule has 0 amide bonds. The summed E-state index contributed by atoms with van der Waals surface area (Å²) in [5.41, 5.74) is 2.49. The van der Waals surface area contributed by atoms with E-state index >= 15 is 0 Å². The Morgan fingerprint density at radius 3 is 2.44 bits per heavy atom. The third-order valence-corrected chi connectivity index (χ3v) is 5.53. The van der Waals surface area contributed by atoms with E-state index in [-0.39, 0.29) is 0 Å². The number of sulfone groups is 1. The first-order valence-electron chi connectivity index (χ1n) is 4.60. The maximum Gasteiger partial charge on any atom is 0.154 e. The third-order valence-electron chi connectivity index (χ3n) is 2.72. The molecule has 0 aliphatic heterocycles. The van der Waals surface area contributed by atoms with Crippen molar-refractivity contribution in [2.45, 2.75) is 24.6 Å². The first kappa shape index (κ1) is 13.7. The lowest BCUT2D eigenvalue weighted by molar-refractivity contribution is 0.354. The molecule has 92 valence electrons. The predicted molar refractivity (Wildman–Crippen MR) is 65.4 cm³/mol. The highest BCUT2D eigenvalue weighted by Gasteiger charge is 2.41. The van der Waals surface area contributed by atoms with E-state index in [1.54, 1.807) is 19.9 Å². The monoisotopic (exact) mass is 310 g/mol. The van der Waals surface area contributed by atoms with Gasteiger partial charge in [-0.1, -0.05) is 0 Å².